The van der Waals surface area contributed by atoms with Crippen LogP contribution in [0.5, 0.6) is 0 Å². The van der Waals surface area contributed by atoms with Crippen molar-refractivity contribution in [1.29, 1.82) is 0 Å². The number of hydrogen-bond acceptors (Lipinski definition) is 4. The normalized spacial score (nSPS) is 18.9. The van der Waals surface area contributed by atoms with Gasteiger partial charge in [-0.2, -0.15) is 0 Å². The molecule has 2 heterocycles. The standard InChI is InChI=1S/C21H30BrN3O3/c1-21(2,3)20(27)25-8-6-15(7-9-25)19(26)23-17-14-16(22)4-5-18(17)24-10-12-28-13-11-24/h4-5,14-15H,6-13H2,1-3H3,(H,23,26). The van der Waals surface area contributed by atoms with Gasteiger partial charge in [0, 0.05) is 42.0 Å². The summed E-state index contributed by atoms with van der Waals surface area (Å²) in [6.45, 7) is 10.1. The highest BCUT2D eigenvalue weighted by Gasteiger charge is 2.32. The average Bonchev–Trinajstić information content (AvgIpc) is 2.67. The van der Waals surface area contributed by atoms with Crippen molar-refractivity contribution < 1.29 is 14.3 Å². The van der Waals surface area contributed by atoms with Crippen molar-refractivity contribution in [1.82, 2.24) is 4.90 Å². The molecule has 7 heteroatoms. The molecule has 0 spiro atoms. The van der Waals surface area contributed by atoms with E-state index in [0.717, 1.165) is 28.9 Å². The lowest BCUT2D eigenvalue weighted by Gasteiger charge is -2.35. The maximum atomic E-state index is 12.9. The van der Waals surface area contributed by atoms with Crippen LogP contribution in [0, 0.1) is 11.3 Å². The number of rotatable bonds is 3. The number of morpholine rings is 1. The van der Waals surface area contributed by atoms with E-state index in [9.17, 15) is 9.59 Å². The van der Waals surface area contributed by atoms with E-state index < -0.39 is 0 Å². The van der Waals surface area contributed by atoms with Crippen LogP contribution in [0.1, 0.15) is 33.6 Å². The Balaban J connectivity index is 1.64. The second kappa shape index (κ2) is 8.82. The number of carbonyl (C=O) groups is 2. The van der Waals surface area contributed by atoms with Crippen LogP contribution < -0.4 is 10.2 Å². The Morgan fingerprint density at radius 2 is 1.75 bits per heavy atom. The maximum Gasteiger partial charge on any atom is 0.227 e. The molecule has 2 saturated heterocycles. The van der Waals surface area contributed by atoms with E-state index in [1.54, 1.807) is 0 Å². The van der Waals surface area contributed by atoms with Gasteiger partial charge in [-0.05, 0) is 31.0 Å². The van der Waals surface area contributed by atoms with Gasteiger partial charge in [-0.15, -0.1) is 0 Å². The predicted octanol–water partition coefficient (Wildman–Crippen LogP) is 3.51. The maximum absolute atomic E-state index is 12.9. The van der Waals surface area contributed by atoms with Gasteiger partial charge in [-0.3, -0.25) is 9.59 Å². The third kappa shape index (κ3) is 5.06. The van der Waals surface area contributed by atoms with Crippen molar-refractivity contribution in [3.63, 3.8) is 0 Å². The first kappa shape index (κ1) is 21.1. The Morgan fingerprint density at radius 3 is 2.36 bits per heavy atom. The fraction of sp³-hybridized carbons (Fsp3) is 0.619. The summed E-state index contributed by atoms with van der Waals surface area (Å²) in [5.74, 6) is 0.129. The second-order valence-electron chi connectivity index (χ2n) is 8.57. The number of likely N-dealkylation sites (tertiary alicyclic amines) is 1. The number of nitrogens with one attached hydrogen (secondary N) is 1. The van der Waals surface area contributed by atoms with Gasteiger partial charge in [-0.1, -0.05) is 36.7 Å². The number of benzene rings is 1. The molecule has 0 radical (unpaired) electrons. The van der Waals surface area contributed by atoms with Crippen molar-refractivity contribution in [2.45, 2.75) is 33.6 Å². The SMILES string of the molecule is CC(C)(C)C(=O)N1CCC(C(=O)Nc2cc(Br)ccc2N2CCOCC2)CC1. The second-order valence-corrected chi connectivity index (χ2v) is 9.48. The van der Waals surface area contributed by atoms with Crippen molar-refractivity contribution in [3.8, 4) is 0 Å². The molecule has 0 aliphatic carbocycles. The summed E-state index contributed by atoms with van der Waals surface area (Å²) < 4.78 is 6.38. The summed E-state index contributed by atoms with van der Waals surface area (Å²) in [6, 6.07) is 5.99. The summed E-state index contributed by atoms with van der Waals surface area (Å²) in [5.41, 5.74) is 1.48. The Morgan fingerprint density at radius 1 is 1.11 bits per heavy atom. The number of halogens is 1. The summed E-state index contributed by atoms with van der Waals surface area (Å²) in [7, 11) is 0. The Labute approximate surface area is 175 Å². The number of carbonyl (C=O) groups excluding carboxylic acids is 2. The minimum Gasteiger partial charge on any atom is -0.378 e. The minimum atomic E-state index is -0.377. The zero-order valence-electron chi connectivity index (χ0n) is 17.0. The van der Waals surface area contributed by atoms with Crippen LogP contribution in [0.15, 0.2) is 22.7 Å². The van der Waals surface area contributed by atoms with Gasteiger partial charge in [0.1, 0.15) is 0 Å². The van der Waals surface area contributed by atoms with E-state index in [4.69, 9.17) is 4.74 Å². The molecule has 2 aliphatic heterocycles. The summed E-state index contributed by atoms with van der Waals surface area (Å²) >= 11 is 3.51. The first-order valence-corrected chi connectivity index (χ1v) is 10.8. The number of hydrogen-bond donors (Lipinski definition) is 1. The van der Waals surface area contributed by atoms with Gasteiger partial charge < -0.3 is 19.9 Å². The molecule has 1 aromatic rings. The molecule has 0 unspecified atom stereocenters. The fourth-order valence-electron chi connectivity index (χ4n) is 3.74. The van der Waals surface area contributed by atoms with E-state index in [0.29, 0.717) is 39.1 Å². The molecular formula is C21H30BrN3O3. The van der Waals surface area contributed by atoms with E-state index in [2.05, 4.69) is 26.1 Å². The van der Waals surface area contributed by atoms with Gasteiger partial charge in [0.05, 0.1) is 24.6 Å². The smallest absolute Gasteiger partial charge is 0.227 e. The number of amides is 2. The third-order valence-electron chi connectivity index (χ3n) is 5.36. The Kier molecular flexibility index (Phi) is 6.65. The number of piperidine rings is 1. The monoisotopic (exact) mass is 451 g/mol. The van der Waals surface area contributed by atoms with E-state index in [-0.39, 0.29) is 23.1 Å². The molecule has 2 aliphatic rings. The molecule has 2 fully saturated rings. The van der Waals surface area contributed by atoms with Crippen molar-refractivity contribution in [2.75, 3.05) is 49.6 Å². The quantitative estimate of drug-likeness (QED) is 0.763. The molecular weight excluding hydrogens is 422 g/mol. The largest absolute Gasteiger partial charge is 0.378 e. The van der Waals surface area contributed by atoms with Crippen molar-refractivity contribution >= 4 is 39.1 Å². The van der Waals surface area contributed by atoms with E-state index >= 15 is 0 Å². The molecule has 0 aromatic heterocycles. The predicted molar refractivity (Wildman–Crippen MR) is 115 cm³/mol. The highest BCUT2D eigenvalue weighted by Crippen LogP contribution is 2.31. The Hall–Kier alpha value is -1.60. The lowest BCUT2D eigenvalue weighted by atomic mass is 9.90. The van der Waals surface area contributed by atoms with Crippen molar-refractivity contribution in [3.05, 3.63) is 22.7 Å². The highest BCUT2D eigenvalue weighted by atomic mass is 79.9. The molecule has 0 atom stereocenters. The van der Waals surface area contributed by atoms with Gasteiger partial charge in [0.2, 0.25) is 11.8 Å². The van der Waals surface area contributed by atoms with Gasteiger partial charge in [0.15, 0.2) is 0 Å². The zero-order chi connectivity index (χ0) is 20.3. The van der Waals surface area contributed by atoms with Gasteiger partial charge >= 0.3 is 0 Å². The Bertz CT molecular complexity index is 718. The average molecular weight is 452 g/mol. The zero-order valence-corrected chi connectivity index (χ0v) is 18.5. The molecule has 154 valence electrons. The number of nitrogens with zero attached hydrogens (tertiary/aromatic N) is 2. The number of anilines is 2. The van der Waals surface area contributed by atoms with Gasteiger partial charge in [0.25, 0.3) is 0 Å². The molecule has 1 aromatic carbocycles. The van der Waals surface area contributed by atoms with Crippen molar-refractivity contribution in [2.24, 2.45) is 11.3 Å². The van der Waals surface area contributed by atoms with Crippen LogP contribution in [0.3, 0.4) is 0 Å². The molecule has 0 saturated carbocycles. The molecule has 3 rings (SSSR count). The molecule has 1 N–H and O–H groups in total. The van der Waals surface area contributed by atoms with Crippen LogP contribution in [0.4, 0.5) is 11.4 Å². The van der Waals surface area contributed by atoms with Gasteiger partial charge in [-0.25, -0.2) is 0 Å². The number of ether oxygens (including phenoxy) is 1. The van der Waals surface area contributed by atoms with E-state index in [1.165, 1.54) is 0 Å². The first-order chi connectivity index (χ1) is 13.3. The molecule has 0 bridgehead atoms. The molecule has 6 nitrogen and oxygen atoms in total. The molecule has 2 amide bonds. The molecule has 28 heavy (non-hydrogen) atoms. The minimum absolute atomic E-state index is 0.0375. The van der Waals surface area contributed by atoms with Crippen LogP contribution >= 0.6 is 15.9 Å². The first-order valence-electron chi connectivity index (χ1n) is 9.98. The topological polar surface area (TPSA) is 61.9 Å². The summed E-state index contributed by atoms with van der Waals surface area (Å²) in [5, 5.41) is 3.14. The van der Waals surface area contributed by atoms with Crippen LogP contribution in [-0.4, -0.2) is 56.1 Å². The van der Waals surface area contributed by atoms with Crippen LogP contribution in [-0.2, 0) is 14.3 Å². The summed E-state index contributed by atoms with van der Waals surface area (Å²) in [6.07, 6.45) is 1.41. The lowest BCUT2D eigenvalue weighted by molar-refractivity contribution is -0.142. The van der Waals surface area contributed by atoms with Crippen LogP contribution in [0.2, 0.25) is 0 Å². The van der Waals surface area contributed by atoms with Crippen LogP contribution in [0.25, 0.3) is 0 Å². The third-order valence-corrected chi connectivity index (χ3v) is 5.86. The fourth-order valence-corrected chi connectivity index (χ4v) is 4.10. The lowest BCUT2D eigenvalue weighted by Crippen LogP contribution is -2.45. The van der Waals surface area contributed by atoms with E-state index in [1.807, 2.05) is 43.9 Å². The summed E-state index contributed by atoms with van der Waals surface area (Å²) in [4.78, 5) is 29.5. The highest BCUT2D eigenvalue weighted by molar-refractivity contribution is 9.10.